The smallest absolute Gasteiger partial charge is 0.254 e. The van der Waals surface area contributed by atoms with E-state index in [0.717, 1.165) is 0 Å². The van der Waals surface area contributed by atoms with Crippen LogP contribution in [0.1, 0.15) is 22.0 Å². The van der Waals surface area contributed by atoms with E-state index in [4.69, 9.17) is 16.9 Å². The van der Waals surface area contributed by atoms with Crippen LogP contribution in [0.5, 0.6) is 0 Å². The summed E-state index contributed by atoms with van der Waals surface area (Å²) in [5.74, 6) is -0.362. The van der Waals surface area contributed by atoms with E-state index < -0.39 is 6.04 Å². The SMILES string of the molecule is N#CC(NC(=O)c1cccnc1)c1ccccc1Cl. The molecule has 2 rings (SSSR count). The molecule has 1 aromatic heterocycles. The van der Waals surface area contributed by atoms with E-state index in [0.29, 0.717) is 16.1 Å². The van der Waals surface area contributed by atoms with Crippen molar-refractivity contribution >= 4 is 17.5 Å². The molecule has 1 aromatic carbocycles. The molecule has 0 aliphatic carbocycles. The Balaban J connectivity index is 2.20. The van der Waals surface area contributed by atoms with Gasteiger partial charge in [0, 0.05) is 23.0 Å². The lowest BCUT2D eigenvalue weighted by atomic mass is 10.1. The van der Waals surface area contributed by atoms with E-state index in [1.54, 1.807) is 42.6 Å². The Morgan fingerprint density at radius 2 is 2.11 bits per heavy atom. The zero-order valence-electron chi connectivity index (χ0n) is 9.88. The predicted molar refractivity (Wildman–Crippen MR) is 71.5 cm³/mol. The molecule has 0 spiro atoms. The Hall–Kier alpha value is -2.38. The van der Waals surface area contributed by atoms with Gasteiger partial charge in [0.15, 0.2) is 0 Å². The van der Waals surface area contributed by atoms with Crippen LogP contribution in [-0.2, 0) is 0 Å². The molecule has 19 heavy (non-hydrogen) atoms. The number of hydrogen-bond acceptors (Lipinski definition) is 3. The average Bonchev–Trinajstić information content (AvgIpc) is 2.46. The minimum atomic E-state index is -0.790. The number of nitrogens with one attached hydrogen (secondary N) is 1. The fraction of sp³-hybridized carbons (Fsp3) is 0.0714. The second-order valence-electron chi connectivity index (χ2n) is 3.80. The molecule has 0 saturated carbocycles. The van der Waals surface area contributed by atoms with Gasteiger partial charge in [0.1, 0.15) is 6.04 Å². The third-order valence-corrected chi connectivity index (χ3v) is 2.89. The number of carbonyl (C=O) groups excluding carboxylic acids is 1. The molecule has 4 nitrogen and oxygen atoms in total. The number of nitrogens with zero attached hydrogens (tertiary/aromatic N) is 2. The van der Waals surface area contributed by atoms with Crippen molar-refractivity contribution in [2.75, 3.05) is 0 Å². The zero-order valence-corrected chi connectivity index (χ0v) is 10.6. The highest BCUT2D eigenvalue weighted by atomic mass is 35.5. The van der Waals surface area contributed by atoms with E-state index in [1.807, 2.05) is 6.07 Å². The van der Waals surface area contributed by atoms with Crippen LogP contribution in [-0.4, -0.2) is 10.9 Å². The number of pyridine rings is 1. The molecule has 2 aromatic rings. The van der Waals surface area contributed by atoms with Crippen molar-refractivity contribution in [3.8, 4) is 6.07 Å². The van der Waals surface area contributed by atoms with Gasteiger partial charge in [0.25, 0.3) is 5.91 Å². The van der Waals surface area contributed by atoms with Crippen LogP contribution in [0.25, 0.3) is 0 Å². The topological polar surface area (TPSA) is 65.8 Å². The monoisotopic (exact) mass is 271 g/mol. The largest absolute Gasteiger partial charge is 0.332 e. The van der Waals surface area contributed by atoms with Gasteiger partial charge in [-0.05, 0) is 18.2 Å². The van der Waals surface area contributed by atoms with E-state index in [2.05, 4.69) is 10.3 Å². The highest BCUT2D eigenvalue weighted by Gasteiger charge is 2.17. The molecule has 1 atom stereocenters. The fourth-order valence-electron chi connectivity index (χ4n) is 1.60. The van der Waals surface area contributed by atoms with Crippen LogP contribution in [0, 0.1) is 11.3 Å². The number of aromatic nitrogens is 1. The summed E-state index contributed by atoms with van der Waals surface area (Å²) in [5, 5.41) is 12.2. The van der Waals surface area contributed by atoms with Gasteiger partial charge in [0.05, 0.1) is 11.6 Å². The second kappa shape index (κ2) is 5.98. The maximum Gasteiger partial charge on any atom is 0.254 e. The summed E-state index contributed by atoms with van der Waals surface area (Å²) in [7, 11) is 0. The third kappa shape index (κ3) is 3.09. The molecule has 0 radical (unpaired) electrons. The first-order valence-corrected chi connectivity index (χ1v) is 5.95. The molecule has 0 bridgehead atoms. The van der Waals surface area contributed by atoms with Crippen molar-refractivity contribution in [1.29, 1.82) is 5.26 Å². The van der Waals surface area contributed by atoms with Crippen LogP contribution in [0.3, 0.4) is 0 Å². The van der Waals surface area contributed by atoms with Gasteiger partial charge in [-0.3, -0.25) is 9.78 Å². The Morgan fingerprint density at radius 1 is 1.32 bits per heavy atom. The van der Waals surface area contributed by atoms with Crippen molar-refractivity contribution in [2.24, 2.45) is 0 Å². The molecule has 94 valence electrons. The summed E-state index contributed by atoms with van der Waals surface area (Å²) in [5.41, 5.74) is 0.971. The summed E-state index contributed by atoms with van der Waals surface area (Å²) in [6, 6.07) is 11.4. The average molecular weight is 272 g/mol. The molecule has 0 saturated heterocycles. The molecular weight excluding hydrogens is 262 g/mol. The van der Waals surface area contributed by atoms with Crippen LogP contribution in [0.4, 0.5) is 0 Å². The van der Waals surface area contributed by atoms with Gasteiger partial charge in [0.2, 0.25) is 0 Å². The van der Waals surface area contributed by atoms with Crippen molar-refractivity contribution in [1.82, 2.24) is 10.3 Å². The number of benzene rings is 1. The normalized spacial score (nSPS) is 11.4. The molecule has 1 unspecified atom stereocenters. The number of halogens is 1. The summed E-state index contributed by atoms with van der Waals surface area (Å²) in [6.45, 7) is 0. The Morgan fingerprint density at radius 3 is 2.74 bits per heavy atom. The van der Waals surface area contributed by atoms with Crippen molar-refractivity contribution in [2.45, 2.75) is 6.04 Å². The zero-order chi connectivity index (χ0) is 13.7. The van der Waals surface area contributed by atoms with Gasteiger partial charge in [-0.15, -0.1) is 0 Å². The number of amides is 1. The molecular formula is C14H10ClN3O. The second-order valence-corrected chi connectivity index (χ2v) is 4.21. The van der Waals surface area contributed by atoms with Gasteiger partial charge in [-0.25, -0.2) is 0 Å². The van der Waals surface area contributed by atoms with Crippen molar-refractivity contribution < 1.29 is 4.79 Å². The van der Waals surface area contributed by atoms with Crippen LogP contribution in [0.2, 0.25) is 5.02 Å². The maximum atomic E-state index is 12.0. The summed E-state index contributed by atoms with van der Waals surface area (Å²) < 4.78 is 0. The number of hydrogen-bond donors (Lipinski definition) is 1. The Kier molecular flexibility index (Phi) is 4.11. The minimum absolute atomic E-state index is 0.362. The van der Waals surface area contributed by atoms with Gasteiger partial charge in [-0.2, -0.15) is 5.26 Å². The highest BCUT2D eigenvalue weighted by Crippen LogP contribution is 2.22. The van der Waals surface area contributed by atoms with Crippen LogP contribution >= 0.6 is 11.6 Å². The first-order valence-electron chi connectivity index (χ1n) is 5.57. The van der Waals surface area contributed by atoms with Gasteiger partial charge in [-0.1, -0.05) is 29.8 Å². The molecule has 0 fully saturated rings. The summed E-state index contributed by atoms with van der Waals surface area (Å²) >= 11 is 6.01. The first-order chi connectivity index (χ1) is 9.22. The predicted octanol–water partition coefficient (Wildman–Crippen LogP) is 2.73. The maximum absolute atomic E-state index is 12.0. The standard InChI is InChI=1S/C14H10ClN3O/c15-12-6-2-1-5-11(12)13(8-16)18-14(19)10-4-3-7-17-9-10/h1-7,9,13H,(H,18,19). The minimum Gasteiger partial charge on any atom is -0.332 e. The quantitative estimate of drug-likeness (QED) is 0.933. The fourth-order valence-corrected chi connectivity index (χ4v) is 1.85. The summed E-state index contributed by atoms with van der Waals surface area (Å²) in [4.78, 5) is 15.8. The number of rotatable bonds is 3. The number of carbonyl (C=O) groups is 1. The van der Waals surface area contributed by atoms with Gasteiger partial charge >= 0.3 is 0 Å². The Labute approximate surface area is 115 Å². The molecule has 1 N–H and O–H groups in total. The first kappa shape index (κ1) is 13.1. The van der Waals surface area contributed by atoms with E-state index in [1.165, 1.54) is 6.20 Å². The van der Waals surface area contributed by atoms with Crippen molar-refractivity contribution in [3.63, 3.8) is 0 Å². The van der Waals surface area contributed by atoms with E-state index in [-0.39, 0.29) is 5.91 Å². The molecule has 0 aliphatic rings. The Bertz CT molecular complexity index is 622. The molecule has 1 heterocycles. The summed E-state index contributed by atoms with van der Waals surface area (Å²) in [6.07, 6.45) is 3.02. The lowest BCUT2D eigenvalue weighted by Crippen LogP contribution is -2.27. The van der Waals surface area contributed by atoms with Crippen LogP contribution < -0.4 is 5.32 Å². The number of nitriles is 1. The third-order valence-electron chi connectivity index (χ3n) is 2.54. The lowest BCUT2D eigenvalue weighted by Gasteiger charge is -2.13. The van der Waals surface area contributed by atoms with E-state index >= 15 is 0 Å². The molecule has 0 aliphatic heterocycles. The van der Waals surface area contributed by atoms with E-state index in [9.17, 15) is 4.79 Å². The van der Waals surface area contributed by atoms with Gasteiger partial charge < -0.3 is 5.32 Å². The lowest BCUT2D eigenvalue weighted by molar-refractivity contribution is 0.0945. The highest BCUT2D eigenvalue weighted by molar-refractivity contribution is 6.31. The molecule has 1 amide bonds. The molecule has 5 heteroatoms. The van der Waals surface area contributed by atoms with Crippen molar-refractivity contribution in [3.05, 3.63) is 64.9 Å². The van der Waals surface area contributed by atoms with Crippen LogP contribution in [0.15, 0.2) is 48.8 Å².